The number of aromatic nitrogens is 1. The van der Waals surface area contributed by atoms with Crippen molar-refractivity contribution in [3.8, 4) is 0 Å². The molecule has 0 saturated carbocycles. The molecule has 0 aromatic carbocycles. The summed E-state index contributed by atoms with van der Waals surface area (Å²) in [5.74, 6) is -0.0803. The first-order chi connectivity index (χ1) is 12.1. The zero-order chi connectivity index (χ0) is 17.6. The molecule has 1 saturated heterocycles. The summed E-state index contributed by atoms with van der Waals surface area (Å²) in [5, 5.41) is 15.9. The summed E-state index contributed by atoms with van der Waals surface area (Å²) in [4.78, 5) is 30.3. The Labute approximate surface area is 158 Å². The van der Waals surface area contributed by atoms with E-state index in [9.17, 15) is 9.59 Å². The molecule has 0 unspecified atom stereocenters. The summed E-state index contributed by atoms with van der Waals surface area (Å²) >= 11 is 4.56. The van der Waals surface area contributed by atoms with E-state index in [0.29, 0.717) is 13.0 Å². The second-order valence-electron chi connectivity index (χ2n) is 5.64. The molecule has 1 amide bonds. The Balaban J connectivity index is 1.44. The van der Waals surface area contributed by atoms with Crippen LogP contribution in [0.3, 0.4) is 0 Å². The van der Waals surface area contributed by atoms with Crippen molar-refractivity contribution in [3.63, 3.8) is 0 Å². The van der Waals surface area contributed by atoms with E-state index in [0.717, 1.165) is 29.6 Å². The fourth-order valence-electron chi connectivity index (χ4n) is 2.74. The molecule has 0 spiro atoms. The van der Waals surface area contributed by atoms with Gasteiger partial charge in [-0.15, -0.1) is 22.7 Å². The average Bonchev–Trinajstić information content (AvgIpc) is 3.31. The van der Waals surface area contributed by atoms with E-state index < -0.39 is 5.97 Å². The van der Waals surface area contributed by atoms with Crippen molar-refractivity contribution >= 4 is 46.3 Å². The van der Waals surface area contributed by atoms with E-state index in [1.165, 1.54) is 28.0 Å². The van der Waals surface area contributed by atoms with Gasteiger partial charge in [0.15, 0.2) is 10.0 Å². The third-order valence-corrected chi connectivity index (χ3v) is 6.85. The maximum absolute atomic E-state index is 12.1. The molecule has 6 nitrogen and oxygen atoms in total. The van der Waals surface area contributed by atoms with Crippen LogP contribution in [-0.4, -0.2) is 51.8 Å². The van der Waals surface area contributed by atoms with Crippen LogP contribution in [0.25, 0.3) is 0 Å². The van der Waals surface area contributed by atoms with Crippen molar-refractivity contribution in [3.05, 3.63) is 33.5 Å². The molecule has 3 rings (SSSR count). The average molecular weight is 398 g/mol. The number of thiophene rings is 1. The lowest BCUT2D eigenvalue weighted by atomic mass is 10.2. The Kier molecular flexibility index (Phi) is 6.46. The third-order valence-electron chi connectivity index (χ3n) is 3.97. The number of nitrogens with zero attached hydrogens (tertiary/aromatic N) is 2. The zero-order valence-corrected chi connectivity index (χ0v) is 16.0. The fourth-order valence-corrected chi connectivity index (χ4v) is 5.22. The van der Waals surface area contributed by atoms with Crippen LogP contribution in [0.15, 0.2) is 27.2 Å². The molecule has 0 radical (unpaired) electrons. The number of rotatable bonds is 9. The molecule has 0 aliphatic carbocycles. The number of hydrogen-bond acceptors (Lipinski definition) is 7. The van der Waals surface area contributed by atoms with Gasteiger partial charge in [-0.05, 0) is 17.9 Å². The van der Waals surface area contributed by atoms with E-state index in [1.807, 2.05) is 11.0 Å². The second-order valence-corrected chi connectivity index (χ2v) is 8.87. The lowest BCUT2D eigenvalue weighted by molar-refractivity contribution is -0.128. The van der Waals surface area contributed by atoms with Gasteiger partial charge in [0.1, 0.15) is 0 Å². The number of carboxylic acid groups (broad SMARTS) is 1. The van der Waals surface area contributed by atoms with Crippen LogP contribution in [-0.2, 0) is 11.3 Å². The van der Waals surface area contributed by atoms with E-state index in [1.54, 1.807) is 16.7 Å². The van der Waals surface area contributed by atoms with Crippen LogP contribution in [0.1, 0.15) is 28.2 Å². The van der Waals surface area contributed by atoms with E-state index >= 15 is 0 Å². The van der Waals surface area contributed by atoms with Gasteiger partial charge in [-0.2, -0.15) is 0 Å². The number of amides is 1. The van der Waals surface area contributed by atoms with Crippen molar-refractivity contribution in [2.75, 3.05) is 18.8 Å². The minimum absolute atomic E-state index is 0.0837. The molecule has 1 aliphatic rings. The van der Waals surface area contributed by atoms with Gasteiger partial charge in [-0.3, -0.25) is 4.79 Å². The number of thioether (sulfide) groups is 1. The van der Waals surface area contributed by atoms with Gasteiger partial charge in [0.05, 0.1) is 0 Å². The monoisotopic (exact) mass is 397 g/mol. The summed E-state index contributed by atoms with van der Waals surface area (Å²) in [7, 11) is 0. The van der Waals surface area contributed by atoms with Crippen LogP contribution in [0, 0.1) is 0 Å². The molecule has 2 aromatic heterocycles. The number of aromatic carboxylic acids is 1. The SMILES string of the molecule is O=C(O)c1csc(SCCN2C(=O)CC[C@@H]2CNCc2cccs2)n1. The van der Waals surface area contributed by atoms with Gasteiger partial charge in [-0.25, -0.2) is 9.78 Å². The van der Waals surface area contributed by atoms with Gasteiger partial charge < -0.3 is 15.3 Å². The summed E-state index contributed by atoms with van der Waals surface area (Å²) in [6.45, 7) is 2.30. The summed E-state index contributed by atoms with van der Waals surface area (Å²) < 4.78 is 0.733. The summed E-state index contributed by atoms with van der Waals surface area (Å²) in [5.41, 5.74) is 0.0837. The highest BCUT2D eigenvalue weighted by molar-refractivity contribution is 8.01. The summed E-state index contributed by atoms with van der Waals surface area (Å²) in [6, 6.07) is 4.38. The molecule has 0 bridgehead atoms. The maximum Gasteiger partial charge on any atom is 0.355 e. The molecule has 9 heteroatoms. The molecule has 1 aliphatic heterocycles. The number of carbonyl (C=O) groups excluding carboxylic acids is 1. The second kappa shape index (κ2) is 8.79. The fraction of sp³-hybridized carbons (Fsp3) is 0.438. The first-order valence-corrected chi connectivity index (χ1v) is 10.7. The number of carbonyl (C=O) groups is 2. The Hall–Kier alpha value is -1.42. The highest BCUT2D eigenvalue weighted by Gasteiger charge is 2.30. The number of carboxylic acids is 1. The minimum Gasteiger partial charge on any atom is -0.476 e. The molecule has 1 fully saturated rings. The molecular formula is C16H19N3O3S3. The number of likely N-dealkylation sites (tertiary alicyclic amines) is 1. The molecule has 2 aromatic rings. The van der Waals surface area contributed by atoms with Gasteiger partial charge >= 0.3 is 5.97 Å². The van der Waals surface area contributed by atoms with Gasteiger partial charge in [0.25, 0.3) is 0 Å². The van der Waals surface area contributed by atoms with Crippen LogP contribution in [0.2, 0.25) is 0 Å². The Morgan fingerprint density at radius 3 is 3.08 bits per heavy atom. The zero-order valence-electron chi connectivity index (χ0n) is 13.5. The normalized spacial score (nSPS) is 17.4. The van der Waals surface area contributed by atoms with E-state index in [2.05, 4.69) is 21.7 Å². The van der Waals surface area contributed by atoms with Crippen molar-refractivity contribution < 1.29 is 14.7 Å². The highest BCUT2D eigenvalue weighted by Crippen LogP contribution is 2.25. The highest BCUT2D eigenvalue weighted by atomic mass is 32.2. The van der Waals surface area contributed by atoms with Crippen LogP contribution in [0.4, 0.5) is 0 Å². The van der Waals surface area contributed by atoms with Gasteiger partial charge in [0.2, 0.25) is 5.91 Å². The standard InChI is InChI=1S/C16H19N3O3S3/c20-14-4-3-11(8-17-9-12-2-1-6-23-12)19(14)5-7-24-16-18-13(10-25-16)15(21)22/h1-2,6,10-11,17H,3-5,7-9H2,(H,21,22)/t11-/m1/s1. The first kappa shape index (κ1) is 18.4. The number of thiazole rings is 1. The Morgan fingerprint density at radius 2 is 2.36 bits per heavy atom. The number of nitrogens with one attached hydrogen (secondary N) is 1. The van der Waals surface area contributed by atoms with Gasteiger partial charge in [-0.1, -0.05) is 17.8 Å². The van der Waals surface area contributed by atoms with Crippen LogP contribution in [0.5, 0.6) is 0 Å². The lowest BCUT2D eigenvalue weighted by Crippen LogP contribution is -2.41. The first-order valence-electron chi connectivity index (χ1n) is 7.97. The number of hydrogen-bond donors (Lipinski definition) is 2. The molecule has 25 heavy (non-hydrogen) atoms. The van der Waals surface area contributed by atoms with Crippen LogP contribution < -0.4 is 5.32 Å². The predicted octanol–water partition coefficient (Wildman–Crippen LogP) is 2.78. The van der Waals surface area contributed by atoms with Crippen LogP contribution >= 0.6 is 34.4 Å². The van der Waals surface area contributed by atoms with Crippen molar-refractivity contribution in [2.24, 2.45) is 0 Å². The molecule has 134 valence electrons. The quantitative estimate of drug-likeness (QED) is 0.633. The lowest BCUT2D eigenvalue weighted by Gasteiger charge is -2.24. The Morgan fingerprint density at radius 1 is 1.48 bits per heavy atom. The topological polar surface area (TPSA) is 82.5 Å². The Bertz CT molecular complexity index is 717. The van der Waals surface area contributed by atoms with Crippen molar-refractivity contribution in [1.29, 1.82) is 0 Å². The molecule has 3 heterocycles. The molecule has 2 N–H and O–H groups in total. The largest absolute Gasteiger partial charge is 0.476 e. The van der Waals surface area contributed by atoms with Crippen molar-refractivity contribution in [2.45, 2.75) is 29.8 Å². The smallest absolute Gasteiger partial charge is 0.355 e. The minimum atomic E-state index is -1.00. The van der Waals surface area contributed by atoms with Crippen molar-refractivity contribution in [1.82, 2.24) is 15.2 Å². The third kappa shape index (κ3) is 5.04. The summed E-state index contributed by atoms with van der Waals surface area (Å²) in [6.07, 6.45) is 1.50. The maximum atomic E-state index is 12.1. The molecular weight excluding hydrogens is 378 g/mol. The molecule has 1 atom stereocenters. The van der Waals surface area contributed by atoms with E-state index in [-0.39, 0.29) is 17.6 Å². The predicted molar refractivity (Wildman–Crippen MR) is 101 cm³/mol. The van der Waals surface area contributed by atoms with Gasteiger partial charge in [0, 0.05) is 48.1 Å². The van der Waals surface area contributed by atoms with E-state index in [4.69, 9.17) is 5.11 Å².